The summed E-state index contributed by atoms with van der Waals surface area (Å²) < 4.78 is 0. The van der Waals surface area contributed by atoms with Gasteiger partial charge in [0, 0.05) is 18.6 Å². The van der Waals surface area contributed by atoms with Crippen LogP contribution in [0.2, 0.25) is 0 Å². The lowest BCUT2D eigenvalue weighted by Crippen LogP contribution is -2.51. The second kappa shape index (κ2) is 6.76. The summed E-state index contributed by atoms with van der Waals surface area (Å²) >= 11 is 0. The molecule has 0 spiro atoms. The van der Waals surface area contributed by atoms with Gasteiger partial charge in [-0.3, -0.25) is 4.90 Å². The number of hydrogen-bond donors (Lipinski definition) is 2. The van der Waals surface area contributed by atoms with Gasteiger partial charge in [0.25, 0.3) is 0 Å². The number of benzene rings is 1. The van der Waals surface area contributed by atoms with Crippen LogP contribution in [0.15, 0.2) is 24.3 Å². The number of nitrogens with two attached hydrogens (primary N) is 1. The van der Waals surface area contributed by atoms with Crippen molar-refractivity contribution in [1.29, 1.82) is 0 Å². The standard InChI is InChI=1S/C15H26N2O/c1-4-10-17(15(3,5-2)12-16)11-13-6-8-14(18)9-7-13/h6-9,18H,4-5,10-12,16H2,1-3H3. The topological polar surface area (TPSA) is 49.5 Å². The van der Waals surface area contributed by atoms with E-state index in [1.54, 1.807) is 12.1 Å². The Morgan fingerprint density at radius 1 is 1.22 bits per heavy atom. The first-order chi connectivity index (χ1) is 8.55. The molecule has 1 unspecified atom stereocenters. The molecule has 1 aromatic carbocycles. The Hall–Kier alpha value is -1.06. The molecule has 0 aliphatic carbocycles. The molecule has 1 aromatic rings. The number of aromatic hydroxyl groups is 1. The second-order valence-electron chi connectivity index (χ2n) is 5.14. The summed E-state index contributed by atoms with van der Waals surface area (Å²) in [6.45, 7) is 9.20. The molecule has 1 atom stereocenters. The Morgan fingerprint density at radius 2 is 1.83 bits per heavy atom. The molecule has 3 heteroatoms. The Labute approximate surface area is 111 Å². The Kier molecular flexibility index (Phi) is 5.63. The van der Waals surface area contributed by atoms with E-state index in [0.717, 1.165) is 25.9 Å². The lowest BCUT2D eigenvalue weighted by atomic mass is 9.95. The van der Waals surface area contributed by atoms with Gasteiger partial charge in [-0.25, -0.2) is 0 Å². The first-order valence-corrected chi connectivity index (χ1v) is 6.78. The monoisotopic (exact) mass is 250 g/mol. The molecule has 0 saturated carbocycles. The van der Waals surface area contributed by atoms with Crippen LogP contribution in [-0.4, -0.2) is 28.6 Å². The van der Waals surface area contributed by atoms with Crippen molar-refractivity contribution in [2.45, 2.75) is 45.7 Å². The van der Waals surface area contributed by atoms with Crippen molar-refractivity contribution >= 4 is 0 Å². The number of phenols is 1. The second-order valence-corrected chi connectivity index (χ2v) is 5.14. The van der Waals surface area contributed by atoms with Gasteiger partial charge in [0.1, 0.15) is 5.75 Å². The quantitative estimate of drug-likeness (QED) is 0.782. The fourth-order valence-electron chi connectivity index (χ4n) is 2.13. The van der Waals surface area contributed by atoms with Crippen LogP contribution < -0.4 is 5.73 Å². The van der Waals surface area contributed by atoms with Crippen LogP contribution in [0.5, 0.6) is 5.75 Å². The molecule has 18 heavy (non-hydrogen) atoms. The zero-order valence-corrected chi connectivity index (χ0v) is 11.8. The van der Waals surface area contributed by atoms with Crippen molar-refractivity contribution in [3.05, 3.63) is 29.8 Å². The van der Waals surface area contributed by atoms with E-state index in [0.29, 0.717) is 12.3 Å². The van der Waals surface area contributed by atoms with Gasteiger partial charge in [-0.05, 0) is 44.0 Å². The van der Waals surface area contributed by atoms with Crippen molar-refractivity contribution < 1.29 is 5.11 Å². The smallest absolute Gasteiger partial charge is 0.115 e. The lowest BCUT2D eigenvalue weighted by molar-refractivity contribution is 0.0972. The SMILES string of the molecule is CCCN(Cc1ccc(O)cc1)C(C)(CC)CN. The first-order valence-electron chi connectivity index (χ1n) is 6.78. The van der Waals surface area contributed by atoms with Crippen LogP contribution in [0.1, 0.15) is 39.2 Å². The average Bonchev–Trinajstić information content (AvgIpc) is 2.40. The van der Waals surface area contributed by atoms with Gasteiger partial charge in [0.2, 0.25) is 0 Å². The summed E-state index contributed by atoms with van der Waals surface area (Å²) in [6, 6.07) is 7.44. The van der Waals surface area contributed by atoms with E-state index in [9.17, 15) is 5.11 Å². The molecule has 1 rings (SSSR count). The average molecular weight is 250 g/mol. The van der Waals surface area contributed by atoms with Crippen molar-refractivity contribution in [2.75, 3.05) is 13.1 Å². The highest BCUT2D eigenvalue weighted by molar-refractivity contribution is 5.26. The summed E-state index contributed by atoms with van der Waals surface area (Å²) in [5.41, 5.74) is 7.21. The maximum Gasteiger partial charge on any atom is 0.115 e. The van der Waals surface area contributed by atoms with Gasteiger partial charge in [-0.1, -0.05) is 26.0 Å². The Morgan fingerprint density at radius 3 is 2.28 bits per heavy atom. The minimum Gasteiger partial charge on any atom is -0.508 e. The third-order valence-electron chi connectivity index (χ3n) is 3.77. The number of rotatable bonds is 7. The van der Waals surface area contributed by atoms with Gasteiger partial charge in [0.05, 0.1) is 0 Å². The van der Waals surface area contributed by atoms with E-state index in [1.807, 2.05) is 12.1 Å². The molecule has 0 saturated heterocycles. The van der Waals surface area contributed by atoms with Crippen molar-refractivity contribution in [2.24, 2.45) is 5.73 Å². The van der Waals surface area contributed by atoms with Crippen LogP contribution >= 0.6 is 0 Å². The molecule has 0 aliphatic heterocycles. The van der Waals surface area contributed by atoms with E-state index < -0.39 is 0 Å². The zero-order chi connectivity index (χ0) is 13.6. The van der Waals surface area contributed by atoms with E-state index in [4.69, 9.17) is 5.73 Å². The normalized spacial score (nSPS) is 14.7. The van der Waals surface area contributed by atoms with Gasteiger partial charge in [-0.15, -0.1) is 0 Å². The highest BCUT2D eigenvalue weighted by Gasteiger charge is 2.27. The summed E-state index contributed by atoms with van der Waals surface area (Å²) in [4.78, 5) is 2.44. The minimum absolute atomic E-state index is 0.0495. The Balaban J connectivity index is 2.82. The predicted molar refractivity (Wildman–Crippen MR) is 76.6 cm³/mol. The molecule has 0 fully saturated rings. The highest BCUT2D eigenvalue weighted by atomic mass is 16.3. The van der Waals surface area contributed by atoms with Crippen LogP contribution in [0.3, 0.4) is 0 Å². The fraction of sp³-hybridized carbons (Fsp3) is 0.600. The molecule has 102 valence electrons. The molecule has 0 aromatic heterocycles. The molecule has 0 aliphatic rings. The van der Waals surface area contributed by atoms with Crippen molar-refractivity contribution in [3.8, 4) is 5.75 Å². The van der Waals surface area contributed by atoms with E-state index in [-0.39, 0.29) is 5.54 Å². The van der Waals surface area contributed by atoms with E-state index in [2.05, 4.69) is 25.7 Å². The van der Waals surface area contributed by atoms with Gasteiger partial charge < -0.3 is 10.8 Å². The third kappa shape index (κ3) is 3.72. The first kappa shape index (κ1) is 15.0. The zero-order valence-electron chi connectivity index (χ0n) is 11.8. The molecular formula is C15H26N2O. The highest BCUT2D eigenvalue weighted by Crippen LogP contribution is 2.22. The summed E-state index contributed by atoms with van der Waals surface area (Å²) in [5, 5.41) is 9.31. The molecule has 0 heterocycles. The molecule has 3 nitrogen and oxygen atoms in total. The van der Waals surface area contributed by atoms with Crippen LogP contribution in [0.4, 0.5) is 0 Å². The van der Waals surface area contributed by atoms with Crippen LogP contribution in [-0.2, 0) is 6.54 Å². The molecular weight excluding hydrogens is 224 g/mol. The summed E-state index contributed by atoms with van der Waals surface area (Å²) in [5.74, 6) is 0.317. The molecule has 0 amide bonds. The Bertz CT molecular complexity index is 344. The largest absolute Gasteiger partial charge is 0.508 e. The molecule has 0 bridgehead atoms. The fourth-order valence-corrected chi connectivity index (χ4v) is 2.13. The minimum atomic E-state index is 0.0495. The number of hydrogen-bond acceptors (Lipinski definition) is 3. The van der Waals surface area contributed by atoms with Crippen molar-refractivity contribution in [1.82, 2.24) is 4.90 Å². The van der Waals surface area contributed by atoms with E-state index in [1.165, 1.54) is 5.56 Å². The number of nitrogens with zero attached hydrogens (tertiary/aromatic N) is 1. The maximum atomic E-state index is 9.31. The maximum absolute atomic E-state index is 9.31. The predicted octanol–water partition coefficient (Wildman–Crippen LogP) is 2.73. The van der Waals surface area contributed by atoms with Gasteiger partial charge in [-0.2, -0.15) is 0 Å². The van der Waals surface area contributed by atoms with Crippen LogP contribution in [0.25, 0.3) is 0 Å². The van der Waals surface area contributed by atoms with Crippen molar-refractivity contribution in [3.63, 3.8) is 0 Å². The number of phenolic OH excluding ortho intramolecular Hbond substituents is 1. The van der Waals surface area contributed by atoms with Gasteiger partial charge >= 0.3 is 0 Å². The molecule has 0 radical (unpaired) electrons. The van der Waals surface area contributed by atoms with Crippen LogP contribution in [0, 0.1) is 0 Å². The third-order valence-corrected chi connectivity index (χ3v) is 3.77. The van der Waals surface area contributed by atoms with Gasteiger partial charge in [0.15, 0.2) is 0 Å². The summed E-state index contributed by atoms with van der Waals surface area (Å²) in [6.07, 6.45) is 2.16. The summed E-state index contributed by atoms with van der Waals surface area (Å²) in [7, 11) is 0. The molecule has 3 N–H and O–H groups in total. The van der Waals surface area contributed by atoms with E-state index >= 15 is 0 Å². The lowest BCUT2D eigenvalue weighted by Gasteiger charge is -2.40.